The van der Waals surface area contributed by atoms with Crippen molar-refractivity contribution < 1.29 is 14.4 Å². The van der Waals surface area contributed by atoms with E-state index >= 15 is 0 Å². The summed E-state index contributed by atoms with van der Waals surface area (Å²) in [7, 11) is 1.75. The Hall–Kier alpha value is -2.67. The summed E-state index contributed by atoms with van der Waals surface area (Å²) in [4.78, 5) is 41.6. The molecule has 0 radical (unpaired) electrons. The number of halogens is 1. The van der Waals surface area contributed by atoms with Crippen molar-refractivity contribution in [2.75, 3.05) is 13.6 Å². The van der Waals surface area contributed by atoms with Gasteiger partial charge in [0.2, 0.25) is 5.91 Å². The largest absolute Gasteiger partial charge is 0.337 e. The number of hydrogen-bond donors (Lipinski definition) is 1. The number of imide groups is 1. The van der Waals surface area contributed by atoms with Gasteiger partial charge < -0.3 is 10.2 Å². The van der Waals surface area contributed by atoms with Crippen LogP contribution in [0.1, 0.15) is 42.5 Å². The summed E-state index contributed by atoms with van der Waals surface area (Å²) >= 11 is 3.45. The second-order valence-corrected chi connectivity index (χ2v) is 8.89. The first-order valence-corrected chi connectivity index (χ1v) is 10.8. The smallest absolute Gasteiger partial charge is 0.325 e. The Morgan fingerprint density at radius 1 is 1.20 bits per heavy atom. The number of nitrogens with zero attached hydrogens (tertiary/aromatic N) is 2. The molecule has 30 heavy (non-hydrogen) atoms. The van der Waals surface area contributed by atoms with Gasteiger partial charge in [0.25, 0.3) is 5.91 Å². The maximum atomic E-state index is 13.2. The van der Waals surface area contributed by atoms with E-state index in [0.717, 1.165) is 34.2 Å². The molecule has 0 bridgehead atoms. The van der Waals surface area contributed by atoms with E-state index in [2.05, 4.69) is 33.4 Å². The molecular weight excluding hydrogens is 446 g/mol. The van der Waals surface area contributed by atoms with Crippen molar-refractivity contribution in [3.05, 3.63) is 69.7 Å². The molecule has 4 rings (SSSR count). The Bertz CT molecular complexity index is 1020. The van der Waals surface area contributed by atoms with Gasteiger partial charge in [0, 0.05) is 17.1 Å². The standard InChI is InChI=1S/C23H24BrN3O3/c1-23(17-11-5-6-12-18(17)24)21(29)27(22(30)25-23)14-20(28)26(2)19-13-7-9-15-8-3-4-10-16(15)19/h3-6,8,10-12,19H,7,9,13-14H2,1-2H3,(H,25,30). The fraction of sp³-hybridized carbons (Fsp3) is 0.348. The highest BCUT2D eigenvalue weighted by Crippen LogP contribution is 2.35. The Labute approximate surface area is 184 Å². The van der Waals surface area contributed by atoms with E-state index in [0.29, 0.717) is 5.56 Å². The SMILES string of the molecule is CN(C(=O)CN1C(=O)NC(C)(c2ccccc2Br)C1=O)C1CCCc2ccccc21. The minimum atomic E-state index is -1.21. The van der Waals surface area contributed by atoms with Crippen LogP contribution in [0.15, 0.2) is 53.0 Å². The van der Waals surface area contributed by atoms with Gasteiger partial charge >= 0.3 is 6.03 Å². The number of aryl methyl sites for hydroxylation is 1. The van der Waals surface area contributed by atoms with Crippen LogP contribution in [0.25, 0.3) is 0 Å². The monoisotopic (exact) mass is 469 g/mol. The van der Waals surface area contributed by atoms with Crippen LogP contribution in [0.2, 0.25) is 0 Å². The van der Waals surface area contributed by atoms with Gasteiger partial charge in [-0.2, -0.15) is 0 Å². The first-order valence-electron chi connectivity index (χ1n) is 10.1. The van der Waals surface area contributed by atoms with E-state index in [1.165, 1.54) is 5.56 Å². The molecule has 0 aromatic heterocycles. The molecule has 156 valence electrons. The van der Waals surface area contributed by atoms with E-state index < -0.39 is 17.5 Å². The van der Waals surface area contributed by atoms with Crippen molar-refractivity contribution in [1.82, 2.24) is 15.1 Å². The number of amides is 4. The van der Waals surface area contributed by atoms with Crippen LogP contribution >= 0.6 is 15.9 Å². The van der Waals surface area contributed by atoms with Crippen LogP contribution in [-0.4, -0.2) is 41.2 Å². The molecule has 2 unspecified atom stereocenters. The van der Waals surface area contributed by atoms with Crippen LogP contribution in [0.4, 0.5) is 4.79 Å². The van der Waals surface area contributed by atoms with Crippen molar-refractivity contribution in [1.29, 1.82) is 0 Å². The van der Waals surface area contributed by atoms with Gasteiger partial charge in [0.15, 0.2) is 0 Å². The van der Waals surface area contributed by atoms with Gasteiger partial charge in [-0.3, -0.25) is 14.5 Å². The van der Waals surface area contributed by atoms with Gasteiger partial charge in [-0.1, -0.05) is 58.4 Å². The number of nitrogens with one attached hydrogen (secondary N) is 1. The molecule has 1 saturated heterocycles. The van der Waals surface area contributed by atoms with Crippen molar-refractivity contribution in [3.63, 3.8) is 0 Å². The van der Waals surface area contributed by atoms with Crippen LogP contribution in [0.5, 0.6) is 0 Å². The quantitative estimate of drug-likeness (QED) is 0.693. The highest BCUT2D eigenvalue weighted by molar-refractivity contribution is 9.10. The third-order valence-electron chi connectivity index (χ3n) is 6.18. The molecule has 0 spiro atoms. The van der Waals surface area contributed by atoms with Crippen LogP contribution < -0.4 is 5.32 Å². The van der Waals surface area contributed by atoms with Crippen molar-refractivity contribution in [2.45, 2.75) is 37.8 Å². The first kappa shape index (κ1) is 20.6. The molecule has 6 nitrogen and oxygen atoms in total. The normalized spacial score (nSPS) is 23.2. The molecule has 1 N–H and O–H groups in total. The molecule has 2 aromatic carbocycles. The predicted octanol–water partition coefficient (Wildman–Crippen LogP) is 3.75. The number of rotatable bonds is 4. The Balaban J connectivity index is 1.53. The summed E-state index contributed by atoms with van der Waals surface area (Å²) in [6.07, 6.45) is 2.88. The van der Waals surface area contributed by atoms with Crippen molar-refractivity contribution in [3.8, 4) is 0 Å². The van der Waals surface area contributed by atoms with Crippen LogP contribution in [0, 0.1) is 0 Å². The Kier molecular flexibility index (Phi) is 5.40. The Morgan fingerprint density at radius 3 is 2.67 bits per heavy atom. The second kappa shape index (κ2) is 7.87. The second-order valence-electron chi connectivity index (χ2n) is 8.04. The Morgan fingerprint density at radius 2 is 1.90 bits per heavy atom. The summed E-state index contributed by atoms with van der Waals surface area (Å²) in [5.41, 5.74) is 1.85. The number of likely N-dealkylation sites (N-methyl/N-ethyl adjacent to an activating group) is 1. The molecule has 4 amide bonds. The predicted molar refractivity (Wildman–Crippen MR) is 117 cm³/mol. The van der Waals surface area contributed by atoms with Crippen LogP contribution in [-0.2, 0) is 21.5 Å². The summed E-state index contributed by atoms with van der Waals surface area (Å²) in [5, 5.41) is 2.76. The van der Waals surface area contributed by atoms with Gasteiger partial charge in [-0.05, 0) is 43.4 Å². The van der Waals surface area contributed by atoms with Crippen molar-refractivity contribution >= 4 is 33.8 Å². The molecule has 2 aromatic rings. The summed E-state index contributed by atoms with van der Waals surface area (Å²) in [6.45, 7) is 1.39. The first-order chi connectivity index (χ1) is 14.3. The van der Waals surface area contributed by atoms with Crippen LogP contribution in [0.3, 0.4) is 0 Å². The number of hydrogen-bond acceptors (Lipinski definition) is 3. The van der Waals surface area contributed by atoms with E-state index in [-0.39, 0.29) is 18.5 Å². The lowest BCUT2D eigenvalue weighted by Gasteiger charge is -2.34. The molecule has 0 saturated carbocycles. The van der Waals surface area contributed by atoms with E-state index in [4.69, 9.17) is 0 Å². The maximum absolute atomic E-state index is 13.2. The van der Waals surface area contributed by atoms with Gasteiger partial charge in [-0.25, -0.2) is 4.79 Å². The molecular formula is C23H24BrN3O3. The molecule has 2 aliphatic rings. The van der Waals surface area contributed by atoms with Gasteiger partial charge in [-0.15, -0.1) is 0 Å². The third kappa shape index (κ3) is 3.41. The number of carbonyl (C=O) groups is 3. The summed E-state index contributed by atoms with van der Waals surface area (Å²) in [5.74, 6) is -0.679. The maximum Gasteiger partial charge on any atom is 0.325 e. The zero-order valence-corrected chi connectivity index (χ0v) is 18.6. The highest BCUT2D eigenvalue weighted by atomic mass is 79.9. The molecule has 1 aliphatic heterocycles. The van der Waals surface area contributed by atoms with Gasteiger partial charge in [0.1, 0.15) is 12.1 Å². The third-order valence-corrected chi connectivity index (χ3v) is 6.87. The van der Waals surface area contributed by atoms with E-state index in [9.17, 15) is 14.4 Å². The molecule has 7 heteroatoms. The molecule has 1 heterocycles. The number of benzene rings is 2. The summed E-state index contributed by atoms with van der Waals surface area (Å²) < 4.78 is 0.727. The lowest BCUT2D eigenvalue weighted by atomic mass is 9.87. The minimum Gasteiger partial charge on any atom is -0.337 e. The van der Waals surface area contributed by atoms with Gasteiger partial charge in [0.05, 0.1) is 6.04 Å². The number of carbonyl (C=O) groups excluding carboxylic acids is 3. The van der Waals surface area contributed by atoms with Crippen molar-refractivity contribution in [2.24, 2.45) is 0 Å². The van der Waals surface area contributed by atoms with E-state index in [1.54, 1.807) is 24.9 Å². The van der Waals surface area contributed by atoms with E-state index in [1.807, 2.05) is 30.3 Å². The summed E-state index contributed by atoms with van der Waals surface area (Å²) in [6, 6.07) is 14.8. The fourth-order valence-electron chi connectivity index (χ4n) is 4.44. The fourth-order valence-corrected chi connectivity index (χ4v) is 5.12. The zero-order valence-electron chi connectivity index (χ0n) is 17.0. The minimum absolute atomic E-state index is 0.0436. The lowest BCUT2D eigenvalue weighted by molar-refractivity contribution is -0.139. The zero-order chi connectivity index (χ0) is 21.5. The molecule has 1 fully saturated rings. The average Bonchev–Trinajstić information content (AvgIpc) is 2.96. The topological polar surface area (TPSA) is 69.7 Å². The average molecular weight is 470 g/mol. The molecule has 2 atom stereocenters. The number of urea groups is 1. The highest BCUT2D eigenvalue weighted by Gasteiger charge is 2.50. The lowest BCUT2D eigenvalue weighted by Crippen LogP contribution is -2.44. The number of fused-ring (bicyclic) bond motifs is 1. The molecule has 1 aliphatic carbocycles.